The second-order valence-electron chi connectivity index (χ2n) is 4.02. The molecule has 0 saturated carbocycles. The molecule has 2 nitrogen and oxygen atoms in total. The summed E-state index contributed by atoms with van der Waals surface area (Å²) in [5.41, 5.74) is 1.84. The molecule has 0 heterocycles. The van der Waals surface area contributed by atoms with Crippen LogP contribution in [-0.2, 0) is 6.42 Å². The van der Waals surface area contributed by atoms with Crippen LogP contribution in [0, 0.1) is 0 Å². The number of rotatable bonds is 5. The van der Waals surface area contributed by atoms with Gasteiger partial charge in [-0.2, -0.15) is 0 Å². The number of hydrogen-bond donors (Lipinski definition) is 0. The Morgan fingerprint density at radius 2 is 1.68 bits per heavy atom. The number of ether oxygens (including phenoxy) is 1. The maximum Gasteiger partial charge on any atom is 0.150 e. The molecular weight excluding hydrogens is 372 g/mol. The summed E-state index contributed by atoms with van der Waals surface area (Å²) in [7, 11) is 0. The molecule has 0 saturated heterocycles. The summed E-state index contributed by atoms with van der Waals surface area (Å²) in [6.45, 7) is 0.585. The fourth-order valence-corrected chi connectivity index (χ4v) is 3.15. The minimum atomic E-state index is 0.585. The smallest absolute Gasteiger partial charge is 0.150 e. The first kappa shape index (κ1) is 14.3. The molecule has 0 unspecified atom stereocenters. The van der Waals surface area contributed by atoms with Gasteiger partial charge >= 0.3 is 0 Å². The van der Waals surface area contributed by atoms with Gasteiger partial charge in [0.05, 0.1) is 15.6 Å². The molecule has 0 atom stereocenters. The predicted molar refractivity (Wildman–Crippen MR) is 82.9 cm³/mol. The topological polar surface area (TPSA) is 26.3 Å². The minimum Gasteiger partial charge on any atom is -0.491 e. The van der Waals surface area contributed by atoms with E-state index in [2.05, 4.69) is 44.0 Å². The summed E-state index contributed by atoms with van der Waals surface area (Å²) in [4.78, 5) is 10.7. The highest BCUT2D eigenvalue weighted by atomic mass is 79.9. The van der Waals surface area contributed by atoms with E-state index in [1.807, 2.05) is 18.2 Å². The summed E-state index contributed by atoms with van der Waals surface area (Å²) in [5, 5.41) is 0. The Labute approximate surface area is 129 Å². The fourth-order valence-electron chi connectivity index (χ4n) is 1.70. The van der Waals surface area contributed by atoms with Crippen molar-refractivity contribution in [3.63, 3.8) is 0 Å². The molecule has 0 aliphatic rings. The maximum absolute atomic E-state index is 10.7. The van der Waals surface area contributed by atoms with Crippen LogP contribution in [0.25, 0.3) is 0 Å². The lowest BCUT2D eigenvalue weighted by Crippen LogP contribution is -2.02. The highest BCUT2D eigenvalue weighted by Gasteiger charge is 2.08. The van der Waals surface area contributed by atoms with E-state index in [-0.39, 0.29) is 0 Å². The van der Waals surface area contributed by atoms with E-state index in [1.165, 1.54) is 5.56 Å². The molecule has 4 heteroatoms. The molecule has 0 N–H and O–H groups in total. The van der Waals surface area contributed by atoms with Crippen molar-refractivity contribution in [2.24, 2.45) is 0 Å². The first-order valence-corrected chi connectivity index (χ1v) is 7.40. The molecule has 0 amide bonds. The van der Waals surface area contributed by atoms with E-state index in [0.717, 1.165) is 27.4 Å². The van der Waals surface area contributed by atoms with E-state index in [0.29, 0.717) is 12.2 Å². The summed E-state index contributed by atoms with van der Waals surface area (Å²) in [5.74, 6) is 0.724. The summed E-state index contributed by atoms with van der Waals surface area (Å²) in [6.07, 6.45) is 1.65. The van der Waals surface area contributed by atoms with Crippen LogP contribution in [0.5, 0.6) is 5.75 Å². The van der Waals surface area contributed by atoms with Gasteiger partial charge in [0.15, 0.2) is 0 Å². The van der Waals surface area contributed by atoms with Crippen LogP contribution in [0.3, 0.4) is 0 Å². The monoisotopic (exact) mass is 382 g/mol. The molecule has 0 aliphatic heterocycles. The van der Waals surface area contributed by atoms with Gasteiger partial charge in [-0.15, -0.1) is 0 Å². The molecule has 19 heavy (non-hydrogen) atoms. The fraction of sp³-hybridized carbons (Fsp3) is 0.133. The number of hydrogen-bond acceptors (Lipinski definition) is 2. The van der Waals surface area contributed by atoms with Gasteiger partial charge in [0.1, 0.15) is 12.0 Å². The van der Waals surface area contributed by atoms with Crippen LogP contribution in [0.2, 0.25) is 0 Å². The van der Waals surface area contributed by atoms with E-state index < -0.39 is 0 Å². The average Bonchev–Trinajstić information content (AvgIpc) is 2.42. The Balaban J connectivity index is 2.02. The van der Waals surface area contributed by atoms with Crippen LogP contribution in [-0.4, -0.2) is 12.9 Å². The zero-order chi connectivity index (χ0) is 13.7. The SMILES string of the molecule is O=Cc1cc(Br)c(OCCc2ccccc2)c(Br)c1. The van der Waals surface area contributed by atoms with Gasteiger partial charge in [0, 0.05) is 12.0 Å². The van der Waals surface area contributed by atoms with Crippen LogP contribution < -0.4 is 4.74 Å². The molecule has 98 valence electrons. The third-order valence-corrected chi connectivity index (χ3v) is 3.81. The molecule has 2 aromatic carbocycles. The first-order chi connectivity index (χ1) is 9.20. The minimum absolute atomic E-state index is 0.585. The van der Waals surface area contributed by atoms with Crippen molar-refractivity contribution >= 4 is 38.1 Å². The molecule has 2 rings (SSSR count). The van der Waals surface area contributed by atoms with E-state index in [9.17, 15) is 4.79 Å². The number of aldehydes is 1. The van der Waals surface area contributed by atoms with Gasteiger partial charge in [0.2, 0.25) is 0 Å². The van der Waals surface area contributed by atoms with Crippen LogP contribution in [0.4, 0.5) is 0 Å². The second-order valence-corrected chi connectivity index (χ2v) is 5.72. The molecule has 2 aromatic rings. The molecule has 0 bridgehead atoms. The zero-order valence-electron chi connectivity index (χ0n) is 10.1. The Morgan fingerprint density at radius 1 is 1.05 bits per heavy atom. The van der Waals surface area contributed by atoms with Crippen molar-refractivity contribution in [3.8, 4) is 5.75 Å². The molecule has 0 radical (unpaired) electrons. The number of benzene rings is 2. The van der Waals surface area contributed by atoms with Crippen molar-refractivity contribution in [2.75, 3.05) is 6.61 Å². The summed E-state index contributed by atoms with van der Waals surface area (Å²) < 4.78 is 7.31. The van der Waals surface area contributed by atoms with Crippen molar-refractivity contribution in [1.29, 1.82) is 0 Å². The van der Waals surface area contributed by atoms with Crippen molar-refractivity contribution in [1.82, 2.24) is 0 Å². The highest BCUT2D eigenvalue weighted by molar-refractivity contribution is 9.11. The third kappa shape index (κ3) is 3.91. The molecular formula is C15H12Br2O2. The number of halogens is 2. The van der Waals surface area contributed by atoms with Crippen LogP contribution in [0.15, 0.2) is 51.4 Å². The maximum atomic E-state index is 10.7. The van der Waals surface area contributed by atoms with Gasteiger partial charge in [-0.1, -0.05) is 30.3 Å². The summed E-state index contributed by atoms with van der Waals surface area (Å²) >= 11 is 6.82. The first-order valence-electron chi connectivity index (χ1n) is 5.81. The van der Waals surface area contributed by atoms with Gasteiger partial charge < -0.3 is 4.74 Å². The van der Waals surface area contributed by atoms with E-state index in [1.54, 1.807) is 12.1 Å². The van der Waals surface area contributed by atoms with Gasteiger partial charge in [0.25, 0.3) is 0 Å². The van der Waals surface area contributed by atoms with Gasteiger partial charge in [-0.3, -0.25) is 4.79 Å². The van der Waals surface area contributed by atoms with Crippen molar-refractivity contribution in [2.45, 2.75) is 6.42 Å². The quantitative estimate of drug-likeness (QED) is 0.702. The lowest BCUT2D eigenvalue weighted by Gasteiger charge is -2.11. The summed E-state index contributed by atoms with van der Waals surface area (Å²) in [6, 6.07) is 13.7. The lowest BCUT2D eigenvalue weighted by molar-refractivity contribution is 0.112. The number of carbonyl (C=O) groups excluding carboxylic acids is 1. The molecule has 0 aliphatic carbocycles. The molecule has 0 fully saturated rings. The Morgan fingerprint density at radius 3 is 2.26 bits per heavy atom. The third-order valence-electron chi connectivity index (χ3n) is 2.64. The van der Waals surface area contributed by atoms with E-state index in [4.69, 9.17) is 4.74 Å². The highest BCUT2D eigenvalue weighted by Crippen LogP contribution is 2.34. The van der Waals surface area contributed by atoms with Gasteiger partial charge in [-0.05, 0) is 49.6 Å². The molecule has 0 spiro atoms. The largest absolute Gasteiger partial charge is 0.491 e. The zero-order valence-corrected chi connectivity index (χ0v) is 13.3. The predicted octanol–water partition coefficient (Wildman–Crippen LogP) is 4.65. The van der Waals surface area contributed by atoms with Crippen molar-refractivity contribution < 1.29 is 9.53 Å². The molecule has 0 aromatic heterocycles. The standard InChI is InChI=1S/C15H12Br2O2/c16-13-8-12(10-18)9-14(17)15(13)19-7-6-11-4-2-1-3-5-11/h1-5,8-10H,6-7H2. The average molecular weight is 384 g/mol. The Bertz CT molecular complexity index is 545. The van der Waals surface area contributed by atoms with Crippen LogP contribution >= 0.6 is 31.9 Å². The van der Waals surface area contributed by atoms with Crippen LogP contribution in [0.1, 0.15) is 15.9 Å². The lowest BCUT2D eigenvalue weighted by atomic mass is 10.2. The Hall–Kier alpha value is -1.13. The van der Waals surface area contributed by atoms with Gasteiger partial charge in [-0.25, -0.2) is 0 Å². The second kappa shape index (κ2) is 6.87. The number of carbonyl (C=O) groups is 1. The van der Waals surface area contributed by atoms with E-state index >= 15 is 0 Å². The van der Waals surface area contributed by atoms with Crippen molar-refractivity contribution in [3.05, 3.63) is 62.5 Å². The Kier molecular flexibility index (Phi) is 5.16. The normalized spacial score (nSPS) is 10.2.